The van der Waals surface area contributed by atoms with E-state index in [9.17, 15) is 0 Å². The first-order valence-electron chi connectivity index (χ1n) is 7.62. The number of rotatable bonds is 4. The van der Waals surface area contributed by atoms with E-state index >= 15 is 0 Å². The Bertz CT molecular complexity index is 241. The Morgan fingerprint density at radius 1 is 1.18 bits per heavy atom. The Morgan fingerprint density at radius 2 is 1.94 bits per heavy atom. The van der Waals surface area contributed by atoms with Gasteiger partial charge in [-0.05, 0) is 32.6 Å². The minimum atomic E-state index is 0.870. The second kappa shape index (κ2) is 6.55. The highest BCUT2D eigenvalue weighted by molar-refractivity contribution is 4.89. The number of allylic oxidation sites excluding steroid dienone is 2. The van der Waals surface area contributed by atoms with E-state index in [0.29, 0.717) is 0 Å². The molecule has 2 atom stereocenters. The van der Waals surface area contributed by atoms with Crippen molar-refractivity contribution >= 4 is 0 Å². The van der Waals surface area contributed by atoms with E-state index < -0.39 is 0 Å². The van der Waals surface area contributed by atoms with E-state index in [2.05, 4.69) is 26.0 Å². The molecule has 2 aliphatic rings. The molecule has 98 valence electrons. The second-order valence-corrected chi connectivity index (χ2v) is 6.07. The molecule has 0 amide bonds. The van der Waals surface area contributed by atoms with Crippen molar-refractivity contribution in [3.05, 3.63) is 12.2 Å². The smallest absolute Gasteiger partial charge is 0.127 e. The third-order valence-electron chi connectivity index (χ3n) is 4.86. The van der Waals surface area contributed by atoms with Crippen molar-refractivity contribution in [2.45, 2.75) is 45.6 Å². The molecular formula is C15H30N2+2. The summed E-state index contributed by atoms with van der Waals surface area (Å²) in [6.07, 6.45) is 10.2. The van der Waals surface area contributed by atoms with Gasteiger partial charge in [-0.2, -0.15) is 0 Å². The summed E-state index contributed by atoms with van der Waals surface area (Å²) in [4.78, 5) is 3.72. The first-order valence-corrected chi connectivity index (χ1v) is 7.62. The van der Waals surface area contributed by atoms with Crippen molar-refractivity contribution in [1.82, 2.24) is 0 Å². The lowest BCUT2D eigenvalue weighted by Crippen LogP contribution is -3.29. The van der Waals surface area contributed by atoms with Crippen LogP contribution in [-0.2, 0) is 0 Å². The summed E-state index contributed by atoms with van der Waals surface area (Å²) < 4.78 is 0. The zero-order chi connectivity index (χ0) is 12.1. The van der Waals surface area contributed by atoms with Gasteiger partial charge in [0.05, 0.1) is 12.6 Å². The van der Waals surface area contributed by atoms with Crippen LogP contribution in [0.3, 0.4) is 0 Å². The minimum absolute atomic E-state index is 0.870. The van der Waals surface area contributed by atoms with Crippen LogP contribution >= 0.6 is 0 Å². The highest BCUT2D eigenvalue weighted by Gasteiger charge is 2.27. The number of hydrogen-bond donors (Lipinski definition) is 2. The van der Waals surface area contributed by atoms with Crippen molar-refractivity contribution in [2.75, 3.05) is 32.7 Å². The van der Waals surface area contributed by atoms with Gasteiger partial charge < -0.3 is 9.80 Å². The fraction of sp³-hybridized carbons (Fsp3) is 0.867. The van der Waals surface area contributed by atoms with Gasteiger partial charge in [0.15, 0.2) is 0 Å². The third kappa shape index (κ3) is 3.82. The third-order valence-corrected chi connectivity index (χ3v) is 4.86. The lowest BCUT2D eigenvalue weighted by Gasteiger charge is -2.34. The van der Waals surface area contributed by atoms with Crippen LogP contribution in [0.4, 0.5) is 0 Å². The molecule has 17 heavy (non-hydrogen) atoms. The first-order chi connectivity index (χ1) is 8.29. The SMILES string of the molecule is CC[C@H](C)[NH+]1CC[NH+](C[C@@H]2CC=CCC2)CC1. The highest BCUT2D eigenvalue weighted by Crippen LogP contribution is 2.15. The molecule has 1 heterocycles. The molecule has 1 aliphatic carbocycles. The van der Waals surface area contributed by atoms with Crippen molar-refractivity contribution in [1.29, 1.82) is 0 Å². The van der Waals surface area contributed by atoms with Gasteiger partial charge in [-0.15, -0.1) is 0 Å². The summed E-state index contributed by atoms with van der Waals surface area (Å²) in [6.45, 7) is 11.8. The summed E-state index contributed by atoms with van der Waals surface area (Å²) in [7, 11) is 0. The minimum Gasteiger partial charge on any atom is -0.325 e. The van der Waals surface area contributed by atoms with Crippen LogP contribution < -0.4 is 9.80 Å². The van der Waals surface area contributed by atoms with Crippen molar-refractivity contribution in [3.63, 3.8) is 0 Å². The van der Waals surface area contributed by atoms with E-state index in [1.165, 1.54) is 58.4 Å². The molecule has 1 aliphatic heterocycles. The Kier molecular flexibility index (Phi) is 5.05. The Balaban J connectivity index is 1.70. The molecule has 1 fully saturated rings. The summed E-state index contributed by atoms with van der Waals surface area (Å²) in [5, 5.41) is 0. The van der Waals surface area contributed by atoms with Crippen LogP contribution in [-0.4, -0.2) is 38.8 Å². The maximum Gasteiger partial charge on any atom is 0.127 e. The van der Waals surface area contributed by atoms with Crippen molar-refractivity contribution in [2.24, 2.45) is 5.92 Å². The molecule has 0 aromatic heterocycles. The molecule has 0 bridgehead atoms. The highest BCUT2D eigenvalue weighted by atomic mass is 15.3. The molecule has 0 aromatic rings. The maximum absolute atomic E-state index is 2.41. The Labute approximate surface area is 107 Å². The predicted octanol–water partition coefficient (Wildman–Crippen LogP) is -0.0754. The van der Waals surface area contributed by atoms with E-state index in [-0.39, 0.29) is 0 Å². The van der Waals surface area contributed by atoms with Crippen LogP contribution in [0, 0.1) is 5.92 Å². The fourth-order valence-electron chi connectivity index (χ4n) is 3.36. The summed E-state index contributed by atoms with van der Waals surface area (Å²) in [5.74, 6) is 0.972. The molecule has 2 rings (SSSR count). The molecule has 2 nitrogen and oxygen atoms in total. The quantitative estimate of drug-likeness (QED) is 0.634. The van der Waals surface area contributed by atoms with Gasteiger partial charge in [-0.25, -0.2) is 0 Å². The summed E-state index contributed by atoms with van der Waals surface area (Å²) in [5.41, 5.74) is 0. The topological polar surface area (TPSA) is 8.88 Å². The van der Waals surface area contributed by atoms with Crippen LogP contribution in [0.2, 0.25) is 0 Å². The molecule has 0 saturated carbocycles. The lowest BCUT2D eigenvalue weighted by atomic mass is 9.94. The Morgan fingerprint density at radius 3 is 2.53 bits per heavy atom. The summed E-state index contributed by atoms with van der Waals surface area (Å²) in [6, 6.07) is 0.870. The molecule has 0 unspecified atom stereocenters. The maximum atomic E-state index is 2.41. The molecule has 0 spiro atoms. The van der Waals surface area contributed by atoms with Gasteiger partial charge in [0.2, 0.25) is 0 Å². The van der Waals surface area contributed by atoms with Gasteiger partial charge >= 0.3 is 0 Å². The van der Waals surface area contributed by atoms with Crippen molar-refractivity contribution < 1.29 is 9.80 Å². The largest absolute Gasteiger partial charge is 0.325 e. The monoisotopic (exact) mass is 238 g/mol. The van der Waals surface area contributed by atoms with Gasteiger partial charge in [-0.3, -0.25) is 0 Å². The average molecular weight is 238 g/mol. The van der Waals surface area contributed by atoms with Gasteiger partial charge in [0.25, 0.3) is 0 Å². The predicted molar refractivity (Wildman–Crippen MR) is 72.5 cm³/mol. The molecule has 2 heteroatoms. The first kappa shape index (κ1) is 13.1. The van der Waals surface area contributed by atoms with Crippen molar-refractivity contribution in [3.8, 4) is 0 Å². The Hall–Kier alpha value is -0.340. The van der Waals surface area contributed by atoms with Gasteiger partial charge in [0, 0.05) is 5.92 Å². The summed E-state index contributed by atoms with van der Waals surface area (Å²) >= 11 is 0. The average Bonchev–Trinajstić information content (AvgIpc) is 2.40. The normalized spacial score (nSPS) is 35.8. The number of quaternary nitrogens is 2. The molecule has 1 saturated heterocycles. The van der Waals surface area contributed by atoms with E-state index in [1.54, 1.807) is 0 Å². The zero-order valence-electron chi connectivity index (χ0n) is 11.7. The second-order valence-electron chi connectivity index (χ2n) is 6.07. The number of nitrogens with one attached hydrogen (secondary N) is 2. The zero-order valence-corrected chi connectivity index (χ0v) is 11.7. The van der Waals surface area contributed by atoms with Gasteiger partial charge in [-0.1, -0.05) is 19.1 Å². The molecule has 0 radical (unpaired) electrons. The van der Waals surface area contributed by atoms with E-state index in [1.807, 2.05) is 9.80 Å². The van der Waals surface area contributed by atoms with Crippen LogP contribution in [0.1, 0.15) is 39.5 Å². The number of hydrogen-bond acceptors (Lipinski definition) is 0. The standard InChI is InChI=1S/C15H28N2/c1-3-14(2)17-11-9-16(10-12-17)13-15-7-5-4-6-8-15/h4-5,14-15H,3,6-13H2,1-2H3/p+2/t14-,15+/m0/s1. The van der Waals surface area contributed by atoms with Crippen LogP contribution in [0.25, 0.3) is 0 Å². The molecule has 2 N–H and O–H groups in total. The van der Waals surface area contributed by atoms with Gasteiger partial charge in [0.1, 0.15) is 26.2 Å². The number of piperazine rings is 1. The van der Waals surface area contributed by atoms with Crippen LogP contribution in [0.5, 0.6) is 0 Å². The van der Waals surface area contributed by atoms with E-state index in [4.69, 9.17) is 0 Å². The van der Waals surface area contributed by atoms with Crippen LogP contribution in [0.15, 0.2) is 12.2 Å². The van der Waals surface area contributed by atoms with E-state index in [0.717, 1.165) is 12.0 Å². The lowest BCUT2D eigenvalue weighted by molar-refractivity contribution is -1.02. The molecular weight excluding hydrogens is 208 g/mol. The molecule has 0 aromatic carbocycles. The fourth-order valence-corrected chi connectivity index (χ4v) is 3.36.